The minimum atomic E-state index is -1.75. The predicted octanol–water partition coefficient (Wildman–Crippen LogP) is -2.69. The molecule has 0 radical (unpaired) electrons. The Kier molecular flexibility index (Phi) is 6.97. The first-order valence-corrected chi connectivity index (χ1v) is 5.89. The lowest BCUT2D eigenvalue weighted by atomic mass is 11.8. The van der Waals surface area contributed by atoms with Gasteiger partial charge in [-0.05, 0) is 0 Å². The Morgan fingerprint density at radius 3 is 2.22 bits per heavy atom. The predicted molar refractivity (Wildman–Crippen MR) is 41.8 cm³/mol. The highest BCUT2D eigenvalue weighted by atomic mass is 28.4. The highest BCUT2D eigenvalue weighted by molar-refractivity contribution is 6.46. The van der Waals surface area contributed by atoms with Crippen molar-refractivity contribution >= 4 is 30.0 Å². The van der Waals surface area contributed by atoms with Gasteiger partial charge in [0.1, 0.15) is 10.5 Å². The van der Waals surface area contributed by atoms with Gasteiger partial charge in [0.25, 0.3) is 10.0 Å². The van der Waals surface area contributed by atoms with Crippen LogP contribution in [0.15, 0.2) is 0 Å². The van der Waals surface area contributed by atoms with Gasteiger partial charge in [0.15, 0.2) is 0 Å². The van der Waals surface area contributed by atoms with E-state index in [4.69, 9.17) is 17.1 Å². The fraction of sp³-hybridized carbons (Fsp3) is 1.00. The second-order valence-corrected chi connectivity index (χ2v) is 6.73. The Bertz CT molecular complexity index is 57.8. The molecule has 0 aromatic rings. The molecule has 56 valence electrons. The minimum absolute atomic E-state index is 0.747. The van der Waals surface area contributed by atoms with E-state index in [1.807, 2.05) is 0 Å². The van der Waals surface area contributed by atoms with E-state index in [9.17, 15) is 0 Å². The van der Waals surface area contributed by atoms with Crippen LogP contribution in [0.4, 0.5) is 0 Å². The van der Waals surface area contributed by atoms with E-state index < -0.39 is 19.5 Å². The topological polar surface area (TPSA) is 36.9 Å². The van der Waals surface area contributed by atoms with Gasteiger partial charge in [-0.2, -0.15) is 0 Å². The Balaban J connectivity index is 3.09. The number of rotatable bonds is 5. The summed E-state index contributed by atoms with van der Waals surface area (Å²) in [4.78, 5) is 0. The normalized spacial score (nSPS) is 12.3. The van der Waals surface area contributed by atoms with Gasteiger partial charge in [-0.1, -0.05) is 0 Å². The van der Waals surface area contributed by atoms with E-state index in [1.54, 1.807) is 14.2 Å². The molecule has 0 fully saturated rings. The van der Waals surface area contributed by atoms with Crippen LogP contribution in [0.5, 0.6) is 0 Å². The largest absolute Gasteiger partial charge is 0.474 e. The zero-order valence-corrected chi connectivity index (χ0v) is 10.5. The van der Waals surface area contributed by atoms with Gasteiger partial charge >= 0.3 is 9.53 Å². The second kappa shape index (κ2) is 6.61. The van der Waals surface area contributed by atoms with Crippen LogP contribution >= 0.6 is 0 Å². The summed E-state index contributed by atoms with van der Waals surface area (Å²) in [5.74, 6) is 0. The molecule has 0 aliphatic carbocycles. The summed E-state index contributed by atoms with van der Waals surface area (Å²) in [5.41, 5.74) is 0. The Morgan fingerprint density at radius 2 is 1.89 bits per heavy atom. The quantitative estimate of drug-likeness (QED) is 0.436. The summed E-state index contributed by atoms with van der Waals surface area (Å²) >= 11 is 0. The lowest BCUT2D eigenvalue weighted by molar-refractivity contribution is 0.197. The number of hydrogen-bond acceptors (Lipinski definition) is 4. The average Bonchev–Trinajstić information content (AvgIpc) is 1.91. The zero-order chi connectivity index (χ0) is 7.11. The molecule has 0 rings (SSSR count). The number of hydrogen-bond donors (Lipinski definition) is 0. The Labute approximate surface area is 62.0 Å². The molecule has 0 heterocycles. The molecule has 0 amide bonds. The second-order valence-electron chi connectivity index (χ2n) is 1.33. The van der Waals surface area contributed by atoms with Gasteiger partial charge in [0, 0.05) is 14.2 Å². The fourth-order valence-corrected chi connectivity index (χ4v) is 3.85. The van der Waals surface area contributed by atoms with Gasteiger partial charge in [-0.3, -0.25) is 0 Å². The standard InChI is InChI=1S/C2H12O4Si3/c1-3-9(4-2)6-8-5-7/h9H,8H2,1-2,7H3. The maximum absolute atomic E-state index is 5.14. The first-order valence-electron chi connectivity index (χ1n) is 2.51. The molecule has 0 N–H and O–H groups in total. The molecule has 0 saturated heterocycles. The molecule has 0 saturated carbocycles. The summed E-state index contributed by atoms with van der Waals surface area (Å²) in [6, 6.07) is 0. The van der Waals surface area contributed by atoms with E-state index >= 15 is 0 Å². The van der Waals surface area contributed by atoms with Crippen LogP contribution in [0.25, 0.3) is 0 Å². The van der Waals surface area contributed by atoms with Crippen LogP contribution in [0.3, 0.4) is 0 Å². The van der Waals surface area contributed by atoms with E-state index in [0.717, 1.165) is 10.5 Å². The van der Waals surface area contributed by atoms with Gasteiger partial charge in [-0.25, -0.2) is 0 Å². The van der Waals surface area contributed by atoms with E-state index in [0.29, 0.717) is 0 Å². The first kappa shape index (κ1) is 9.49. The third kappa shape index (κ3) is 4.96. The summed E-state index contributed by atoms with van der Waals surface area (Å²) in [6.45, 7) is 0. The van der Waals surface area contributed by atoms with Gasteiger partial charge in [0.2, 0.25) is 0 Å². The minimum Gasteiger partial charge on any atom is -0.449 e. The molecule has 0 aliphatic heterocycles. The molecule has 0 aromatic carbocycles. The molecule has 0 spiro atoms. The van der Waals surface area contributed by atoms with Crippen molar-refractivity contribution in [1.29, 1.82) is 0 Å². The molecule has 9 heavy (non-hydrogen) atoms. The molecule has 7 heteroatoms. The lowest BCUT2D eigenvalue weighted by Crippen LogP contribution is -2.26. The average molecular weight is 184 g/mol. The summed E-state index contributed by atoms with van der Waals surface area (Å²) in [5, 5.41) is 0. The van der Waals surface area contributed by atoms with Crippen LogP contribution in [-0.2, 0) is 17.1 Å². The van der Waals surface area contributed by atoms with Crippen LogP contribution in [0, 0.1) is 0 Å². The molecule has 0 aromatic heterocycles. The summed E-state index contributed by atoms with van der Waals surface area (Å²) in [7, 11) is 1.39. The SMILES string of the molecule is CO[SiH](OC)O[SiH2]O[SiH3]. The van der Waals surface area contributed by atoms with Crippen molar-refractivity contribution in [1.82, 2.24) is 0 Å². The van der Waals surface area contributed by atoms with Crippen molar-refractivity contribution in [3.05, 3.63) is 0 Å². The molecular formula is C2H12O4Si3. The fourth-order valence-electron chi connectivity index (χ4n) is 0.356. The van der Waals surface area contributed by atoms with Crippen LogP contribution < -0.4 is 0 Å². The highest BCUT2D eigenvalue weighted by Gasteiger charge is 2.08. The van der Waals surface area contributed by atoms with Gasteiger partial charge in [-0.15, -0.1) is 0 Å². The Morgan fingerprint density at radius 1 is 1.33 bits per heavy atom. The first-order chi connectivity index (χ1) is 4.35. The third-order valence-electron chi connectivity index (χ3n) is 0.707. The van der Waals surface area contributed by atoms with Crippen molar-refractivity contribution in [2.45, 2.75) is 0 Å². The monoisotopic (exact) mass is 184 g/mol. The van der Waals surface area contributed by atoms with Crippen molar-refractivity contribution < 1.29 is 17.1 Å². The molecule has 0 aliphatic rings. The smallest absolute Gasteiger partial charge is 0.449 e. The molecule has 0 bridgehead atoms. The summed E-state index contributed by atoms with van der Waals surface area (Å²) < 4.78 is 19.8. The molecule has 0 atom stereocenters. The van der Waals surface area contributed by atoms with Crippen molar-refractivity contribution in [3.8, 4) is 0 Å². The van der Waals surface area contributed by atoms with Gasteiger partial charge in [0.05, 0.1) is 0 Å². The van der Waals surface area contributed by atoms with E-state index in [1.165, 1.54) is 0 Å². The van der Waals surface area contributed by atoms with Gasteiger partial charge < -0.3 is 17.1 Å². The van der Waals surface area contributed by atoms with Crippen LogP contribution in [0.1, 0.15) is 0 Å². The lowest BCUT2D eigenvalue weighted by Gasteiger charge is -2.09. The molecule has 4 nitrogen and oxygen atoms in total. The highest BCUT2D eigenvalue weighted by Crippen LogP contribution is 1.84. The van der Waals surface area contributed by atoms with E-state index in [2.05, 4.69) is 0 Å². The molecule has 0 unspecified atom stereocenters. The van der Waals surface area contributed by atoms with Crippen molar-refractivity contribution in [3.63, 3.8) is 0 Å². The maximum Gasteiger partial charge on any atom is 0.474 e. The van der Waals surface area contributed by atoms with Crippen LogP contribution in [-0.4, -0.2) is 44.2 Å². The third-order valence-corrected chi connectivity index (χ3v) is 4.05. The van der Waals surface area contributed by atoms with E-state index in [-0.39, 0.29) is 0 Å². The van der Waals surface area contributed by atoms with Crippen molar-refractivity contribution in [2.75, 3.05) is 14.2 Å². The Hall–Kier alpha value is 0.491. The zero-order valence-electron chi connectivity index (χ0n) is 5.92. The maximum atomic E-state index is 5.14. The van der Waals surface area contributed by atoms with Crippen LogP contribution in [0.2, 0.25) is 0 Å². The summed E-state index contributed by atoms with van der Waals surface area (Å²) in [6.07, 6.45) is 0. The van der Waals surface area contributed by atoms with Crippen molar-refractivity contribution in [2.24, 2.45) is 0 Å². The molecular weight excluding hydrogens is 172 g/mol.